The average molecular weight is 227 g/mol. The minimum Gasteiger partial charge on any atom is -0.465 e. The fourth-order valence-electron chi connectivity index (χ4n) is 1.40. The van der Waals surface area contributed by atoms with Crippen LogP contribution in [0.1, 0.15) is 10.4 Å². The molecule has 0 saturated carbocycles. The van der Waals surface area contributed by atoms with Crippen molar-refractivity contribution >= 4 is 5.97 Å². The quantitative estimate of drug-likeness (QED) is 0.756. The average Bonchev–Trinajstić information content (AvgIpc) is 2.40. The molecule has 1 radical (unpaired) electrons. The van der Waals surface area contributed by atoms with Crippen LogP contribution in [0.4, 0.5) is 0 Å². The summed E-state index contributed by atoms with van der Waals surface area (Å²) in [5, 5.41) is 0. The summed E-state index contributed by atoms with van der Waals surface area (Å²) in [5.41, 5.74) is 0.402. The SMILES string of the molecule is COC(=O)c1ccccc1Oc1c[c]ccc1. The molecule has 0 bridgehead atoms. The Morgan fingerprint density at radius 2 is 2.00 bits per heavy atom. The number of carbonyl (C=O) groups excluding carboxylic acids is 1. The lowest BCUT2D eigenvalue weighted by Gasteiger charge is -2.09. The first-order valence-electron chi connectivity index (χ1n) is 5.12. The third-order valence-corrected chi connectivity index (χ3v) is 2.20. The minimum atomic E-state index is -0.416. The molecule has 0 heterocycles. The van der Waals surface area contributed by atoms with Gasteiger partial charge in [0.2, 0.25) is 0 Å². The van der Waals surface area contributed by atoms with Gasteiger partial charge in [-0.25, -0.2) is 4.79 Å². The summed E-state index contributed by atoms with van der Waals surface area (Å²) < 4.78 is 10.3. The van der Waals surface area contributed by atoms with E-state index in [0.717, 1.165) is 0 Å². The number of benzene rings is 2. The van der Waals surface area contributed by atoms with Gasteiger partial charge < -0.3 is 9.47 Å². The van der Waals surface area contributed by atoms with Gasteiger partial charge in [0.1, 0.15) is 17.1 Å². The van der Waals surface area contributed by atoms with Crippen LogP contribution < -0.4 is 4.74 Å². The van der Waals surface area contributed by atoms with Crippen LogP contribution in [0, 0.1) is 6.07 Å². The summed E-state index contributed by atoms with van der Waals surface area (Å²) in [6, 6.07) is 16.9. The van der Waals surface area contributed by atoms with Crippen molar-refractivity contribution < 1.29 is 14.3 Å². The molecule has 0 aromatic heterocycles. The van der Waals surface area contributed by atoms with E-state index in [2.05, 4.69) is 10.8 Å². The van der Waals surface area contributed by atoms with Crippen molar-refractivity contribution in [3.05, 3.63) is 60.2 Å². The van der Waals surface area contributed by atoms with Gasteiger partial charge in [0.15, 0.2) is 0 Å². The topological polar surface area (TPSA) is 35.5 Å². The van der Waals surface area contributed by atoms with Gasteiger partial charge in [-0.05, 0) is 30.3 Å². The maximum atomic E-state index is 11.5. The molecule has 0 aliphatic carbocycles. The van der Waals surface area contributed by atoms with Gasteiger partial charge in [0, 0.05) is 0 Å². The summed E-state index contributed by atoms with van der Waals surface area (Å²) in [6.45, 7) is 0. The number of rotatable bonds is 3. The van der Waals surface area contributed by atoms with Crippen LogP contribution in [0.5, 0.6) is 11.5 Å². The largest absolute Gasteiger partial charge is 0.465 e. The smallest absolute Gasteiger partial charge is 0.341 e. The molecule has 0 amide bonds. The van der Waals surface area contributed by atoms with Crippen LogP contribution in [-0.2, 0) is 4.74 Å². The van der Waals surface area contributed by atoms with E-state index in [4.69, 9.17) is 4.74 Å². The van der Waals surface area contributed by atoms with Gasteiger partial charge in [-0.2, -0.15) is 0 Å². The predicted octanol–water partition coefficient (Wildman–Crippen LogP) is 3.07. The maximum Gasteiger partial charge on any atom is 0.341 e. The molecule has 85 valence electrons. The summed E-state index contributed by atoms with van der Waals surface area (Å²) in [7, 11) is 1.34. The highest BCUT2D eigenvalue weighted by molar-refractivity contribution is 5.92. The molecule has 0 aliphatic heterocycles. The van der Waals surface area contributed by atoms with E-state index in [1.54, 1.807) is 42.5 Å². The van der Waals surface area contributed by atoms with Crippen LogP contribution in [-0.4, -0.2) is 13.1 Å². The zero-order valence-corrected chi connectivity index (χ0v) is 9.34. The van der Waals surface area contributed by atoms with Crippen LogP contribution in [0.25, 0.3) is 0 Å². The highest BCUT2D eigenvalue weighted by Gasteiger charge is 2.12. The van der Waals surface area contributed by atoms with Crippen molar-refractivity contribution in [1.29, 1.82) is 0 Å². The molecule has 0 saturated heterocycles. The molecular formula is C14H11O3. The van der Waals surface area contributed by atoms with E-state index in [1.807, 2.05) is 6.07 Å². The van der Waals surface area contributed by atoms with Crippen molar-refractivity contribution in [1.82, 2.24) is 0 Å². The first-order chi connectivity index (χ1) is 8.31. The number of para-hydroxylation sites is 1. The van der Waals surface area contributed by atoms with Crippen molar-refractivity contribution in [2.24, 2.45) is 0 Å². The number of esters is 1. The Kier molecular flexibility index (Phi) is 3.40. The van der Waals surface area contributed by atoms with Gasteiger partial charge in [-0.1, -0.05) is 24.3 Å². The second kappa shape index (κ2) is 5.16. The fourth-order valence-corrected chi connectivity index (χ4v) is 1.40. The van der Waals surface area contributed by atoms with Crippen molar-refractivity contribution in [3.8, 4) is 11.5 Å². The number of hydrogen-bond acceptors (Lipinski definition) is 3. The normalized spacial score (nSPS) is 9.71. The molecule has 3 heteroatoms. The van der Waals surface area contributed by atoms with Crippen LogP contribution in [0.15, 0.2) is 48.5 Å². The molecule has 2 aromatic rings. The summed E-state index contributed by atoms with van der Waals surface area (Å²) in [6.07, 6.45) is 0. The molecule has 0 aliphatic rings. The first kappa shape index (κ1) is 11.2. The van der Waals surface area contributed by atoms with Crippen LogP contribution in [0.2, 0.25) is 0 Å². The number of ether oxygens (including phenoxy) is 2. The van der Waals surface area contributed by atoms with Gasteiger partial charge >= 0.3 is 5.97 Å². The lowest BCUT2D eigenvalue weighted by atomic mass is 10.2. The van der Waals surface area contributed by atoms with E-state index in [0.29, 0.717) is 17.1 Å². The molecule has 0 N–H and O–H groups in total. The standard InChI is InChI=1S/C14H11O3/c1-16-14(15)12-9-5-6-10-13(12)17-11-7-3-2-4-8-11/h2-3,5-10H,1H3. The number of carbonyl (C=O) groups is 1. The Hall–Kier alpha value is -2.29. The van der Waals surface area contributed by atoms with E-state index < -0.39 is 5.97 Å². The Labute approximate surface area is 99.6 Å². The van der Waals surface area contributed by atoms with Crippen LogP contribution >= 0.6 is 0 Å². The second-order valence-corrected chi connectivity index (χ2v) is 3.33. The summed E-state index contributed by atoms with van der Waals surface area (Å²) in [4.78, 5) is 11.5. The molecule has 0 fully saturated rings. The van der Waals surface area contributed by atoms with Gasteiger partial charge in [-0.3, -0.25) is 0 Å². The van der Waals surface area contributed by atoms with Gasteiger partial charge in [0.25, 0.3) is 0 Å². The van der Waals surface area contributed by atoms with Gasteiger partial charge in [-0.15, -0.1) is 0 Å². The molecule has 2 aromatic carbocycles. The Balaban J connectivity index is 2.30. The molecule has 17 heavy (non-hydrogen) atoms. The maximum absolute atomic E-state index is 11.5. The zero-order chi connectivity index (χ0) is 12.1. The minimum absolute atomic E-state index is 0.402. The highest BCUT2D eigenvalue weighted by atomic mass is 16.5. The Bertz CT molecular complexity index is 506. The Morgan fingerprint density at radius 1 is 1.18 bits per heavy atom. The van der Waals surface area contributed by atoms with E-state index in [9.17, 15) is 4.79 Å². The molecule has 3 nitrogen and oxygen atoms in total. The molecule has 2 rings (SSSR count). The fraction of sp³-hybridized carbons (Fsp3) is 0.0714. The lowest BCUT2D eigenvalue weighted by molar-refractivity contribution is 0.0598. The molecule has 0 spiro atoms. The highest BCUT2D eigenvalue weighted by Crippen LogP contribution is 2.25. The van der Waals surface area contributed by atoms with E-state index in [-0.39, 0.29) is 0 Å². The van der Waals surface area contributed by atoms with Crippen LogP contribution in [0.3, 0.4) is 0 Å². The lowest BCUT2D eigenvalue weighted by Crippen LogP contribution is -2.03. The molecule has 0 atom stereocenters. The predicted molar refractivity (Wildman–Crippen MR) is 63.1 cm³/mol. The van der Waals surface area contributed by atoms with Gasteiger partial charge in [0.05, 0.1) is 7.11 Å². The van der Waals surface area contributed by atoms with Crippen molar-refractivity contribution in [3.63, 3.8) is 0 Å². The molecular weight excluding hydrogens is 216 g/mol. The zero-order valence-electron chi connectivity index (χ0n) is 9.34. The third-order valence-electron chi connectivity index (χ3n) is 2.20. The van der Waals surface area contributed by atoms with E-state index >= 15 is 0 Å². The Morgan fingerprint density at radius 3 is 2.71 bits per heavy atom. The van der Waals surface area contributed by atoms with Crippen molar-refractivity contribution in [2.45, 2.75) is 0 Å². The number of hydrogen-bond donors (Lipinski definition) is 0. The second-order valence-electron chi connectivity index (χ2n) is 3.33. The first-order valence-corrected chi connectivity index (χ1v) is 5.12. The monoisotopic (exact) mass is 227 g/mol. The number of methoxy groups -OCH3 is 1. The van der Waals surface area contributed by atoms with Crippen molar-refractivity contribution in [2.75, 3.05) is 7.11 Å². The van der Waals surface area contributed by atoms with E-state index in [1.165, 1.54) is 7.11 Å². The third kappa shape index (κ3) is 2.64. The molecule has 0 unspecified atom stereocenters. The summed E-state index contributed by atoms with van der Waals surface area (Å²) >= 11 is 0. The summed E-state index contributed by atoms with van der Waals surface area (Å²) in [5.74, 6) is 0.684.